The van der Waals surface area contributed by atoms with Crippen molar-refractivity contribution in [2.45, 2.75) is 0 Å². The van der Waals surface area contributed by atoms with Crippen LogP contribution in [-0.4, -0.2) is 19.2 Å². The highest BCUT2D eigenvalue weighted by Crippen LogP contribution is 2.15. The Morgan fingerprint density at radius 2 is 2.09 bits per heavy atom. The van der Waals surface area contributed by atoms with Crippen molar-refractivity contribution in [1.29, 1.82) is 0 Å². The van der Waals surface area contributed by atoms with Gasteiger partial charge < -0.3 is 14.5 Å². The zero-order chi connectivity index (χ0) is 8.27. The molecule has 1 heterocycles. The summed E-state index contributed by atoms with van der Waals surface area (Å²) in [6.45, 7) is 0. The number of aromatic nitrogens is 1. The van der Waals surface area contributed by atoms with E-state index < -0.39 is 0 Å². The molecule has 1 rings (SSSR count). The molecule has 0 aliphatic heterocycles. The molecule has 11 heavy (non-hydrogen) atoms. The first-order valence-corrected chi connectivity index (χ1v) is 3.49. The maximum absolute atomic E-state index is 4.98. The van der Waals surface area contributed by atoms with Crippen molar-refractivity contribution in [2.24, 2.45) is 0 Å². The number of nitrogens with one attached hydrogen (secondary N) is 1. The summed E-state index contributed by atoms with van der Waals surface area (Å²) in [4.78, 5) is 2.86. The highest BCUT2D eigenvalue weighted by atomic mass is 32.1. The lowest BCUT2D eigenvalue weighted by Gasteiger charge is -2.01. The van der Waals surface area contributed by atoms with E-state index in [0.29, 0.717) is 16.1 Å². The zero-order valence-electron chi connectivity index (χ0n) is 6.38. The topological polar surface area (TPSA) is 34.2 Å². The van der Waals surface area contributed by atoms with E-state index in [1.807, 2.05) is 0 Å². The molecule has 0 fully saturated rings. The van der Waals surface area contributed by atoms with Crippen LogP contribution in [0, 0.1) is 4.51 Å². The lowest BCUT2D eigenvalue weighted by atomic mass is 10.4. The number of ether oxygens (including phenoxy) is 2. The van der Waals surface area contributed by atoms with Crippen LogP contribution in [-0.2, 0) is 0 Å². The van der Waals surface area contributed by atoms with Gasteiger partial charge in [-0.1, -0.05) is 12.2 Å². The number of rotatable bonds is 2. The van der Waals surface area contributed by atoms with Crippen LogP contribution in [0.25, 0.3) is 0 Å². The number of hydrogen-bond donors (Lipinski definition) is 1. The number of pyridine rings is 1. The fourth-order valence-electron chi connectivity index (χ4n) is 0.717. The van der Waals surface area contributed by atoms with Gasteiger partial charge in [0.25, 0.3) is 0 Å². The molecule has 1 aromatic rings. The van der Waals surface area contributed by atoms with Gasteiger partial charge in [-0.05, 0) is 0 Å². The summed E-state index contributed by atoms with van der Waals surface area (Å²) >= 11 is 4.98. The summed E-state index contributed by atoms with van der Waals surface area (Å²) in [7, 11) is 3.15. The molecule has 1 N–H and O–H groups in total. The average Bonchev–Trinajstić information content (AvgIpc) is 2.04. The van der Waals surface area contributed by atoms with Crippen molar-refractivity contribution in [3.8, 4) is 11.6 Å². The Hall–Kier alpha value is -1.03. The van der Waals surface area contributed by atoms with Gasteiger partial charge >= 0.3 is 0 Å². The van der Waals surface area contributed by atoms with Crippen LogP contribution in [0.2, 0.25) is 0 Å². The Kier molecular flexibility index (Phi) is 2.48. The van der Waals surface area contributed by atoms with E-state index in [-0.39, 0.29) is 0 Å². The van der Waals surface area contributed by atoms with E-state index in [2.05, 4.69) is 4.98 Å². The fraction of sp³-hybridized carbons (Fsp3) is 0.286. The van der Waals surface area contributed by atoms with Crippen molar-refractivity contribution in [1.82, 2.24) is 4.98 Å². The molecule has 3 nitrogen and oxygen atoms in total. The van der Waals surface area contributed by atoms with E-state index in [9.17, 15) is 0 Å². The minimum Gasteiger partial charge on any atom is -0.494 e. The third kappa shape index (κ3) is 1.71. The second-order valence-electron chi connectivity index (χ2n) is 1.93. The summed E-state index contributed by atoms with van der Waals surface area (Å²) in [5.74, 6) is 1.29. The van der Waals surface area contributed by atoms with Crippen molar-refractivity contribution >= 4 is 12.2 Å². The van der Waals surface area contributed by atoms with Crippen molar-refractivity contribution in [3.05, 3.63) is 16.8 Å². The normalized spacial score (nSPS) is 9.27. The summed E-state index contributed by atoms with van der Waals surface area (Å²) in [6, 6.07) is 1.70. The molecule has 0 bridgehead atoms. The van der Waals surface area contributed by atoms with E-state index >= 15 is 0 Å². The quantitative estimate of drug-likeness (QED) is 0.688. The lowest BCUT2D eigenvalue weighted by Crippen LogP contribution is -1.89. The van der Waals surface area contributed by atoms with E-state index in [0.717, 1.165) is 0 Å². The van der Waals surface area contributed by atoms with Gasteiger partial charge in [-0.2, -0.15) is 0 Å². The SMILES string of the molecule is COc1cc(=S)c(OC)c[nH]1. The van der Waals surface area contributed by atoms with Gasteiger partial charge in [0.1, 0.15) is 0 Å². The Morgan fingerprint density at radius 3 is 2.55 bits per heavy atom. The minimum atomic E-state index is 0.635. The summed E-state index contributed by atoms with van der Waals surface area (Å²) in [6.07, 6.45) is 1.67. The number of aromatic amines is 1. The van der Waals surface area contributed by atoms with E-state index in [4.69, 9.17) is 21.7 Å². The maximum Gasteiger partial charge on any atom is 0.192 e. The second kappa shape index (κ2) is 3.39. The molecule has 0 spiro atoms. The zero-order valence-corrected chi connectivity index (χ0v) is 7.20. The number of H-pyrrole nitrogens is 1. The average molecular weight is 171 g/mol. The predicted octanol–water partition coefficient (Wildman–Crippen LogP) is 1.76. The van der Waals surface area contributed by atoms with Crippen LogP contribution in [0.1, 0.15) is 0 Å². The van der Waals surface area contributed by atoms with Crippen LogP contribution in [0.3, 0.4) is 0 Å². The molecule has 0 aliphatic carbocycles. The number of hydrogen-bond acceptors (Lipinski definition) is 3. The molecular formula is C7H9NO2S. The molecule has 0 saturated heterocycles. The smallest absolute Gasteiger partial charge is 0.192 e. The molecule has 4 heteroatoms. The van der Waals surface area contributed by atoms with Crippen LogP contribution >= 0.6 is 12.2 Å². The van der Waals surface area contributed by atoms with Crippen LogP contribution < -0.4 is 9.47 Å². The highest BCUT2D eigenvalue weighted by Gasteiger charge is 1.95. The van der Waals surface area contributed by atoms with Crippen molar-refractivity contribution in [2.75, 3.05) is 14.2 Å². The molecule has 0 aromatic carbocycles. The lowest BCUT2D eigenvalue weighted by molar-refractivity contribution is 0.386. The van der Waals surface area contributed by atoms with Gasteiger partial charge in [0, 0.05) is 12.3 Å². The van der Waals surface area contributed by atoms with E-state index in [1.165, 1.54) is 0 Å². The molecule has 0 aliphatic rings. The van der Waals surface area contributed by atoms with Crippen LogP contribution in [0.5, 0.6) is 11.6 Å². The van der Waals surface area contributed by atoms with Gasteiger partial charge in [0.15, 0.2) is 11.6 Å². The maximum atomic E-state index is 4.98. The summed E-state index contributed by atoms with van der Waals surface area (Å²) in [5.41, 5.74) is 0. The van der Waals surface area contributed by atoms with Gasteiger partial charge in [-0.3, -0.25) is 0 Å². The van der Waals surface area contributed by atoms with Crippen LogP contribution in [0.4, 0.5) is 0 Å². The fourth-order valence-corrected chi connectivity index (χ4v) is 0.966. The molecule has 1 aromatic heterocycles. The first-order valence-electron chi connectivity index (χ1n) is 3.08. The molecule has 0 amide bonds. The Morgan fingerprint density at radius 1 is 1.36 bits per heavy atom. The van der Waals surface area contributed by atoms with Crippen molar-refractivity contribution < 1.29 is 9.47 Å². The first-order chi connectivity index (χ1) is 5.27. The minimum absolute atomic E-state index is 0.635. The summed E-state index contributed by atoms with van der Waals surface area (Å²) in [5, 5.41) is 0. The third-order valence-electron chi connectivity index (χ3n) is 1.29. The number of methoxy groups -OCH3 is 2. The highest BCUT2D eigenvalue weighted by molar-refractivity contribution is 7.71. The van der Waals surface area contributed by atoms with E-state index in [1.54, 1.807) is 26.5 Å². The Bertz CT molecular complexity index is 295. The molecular weight excluding hydrogens is 162 g/mol. The van der Waals surface area contributed by atoms with Crippen LogP contribution in [0.15, 0.2) is 12.3 Å². The molecule has 60 valence electrons. The monoisotopic (exact) mass is 171 g/mol. The predicted molar refractivity (Wildman–Crippen MR) is 44.7 cm³/mol. The first kappa shape index (κ1) is 8.07. The standard InChI is InChI=1S/C7H9NO2S/c1-9-5-4-8-7(10-2)3-6(5)11/h3-4H,1-2H3,(H,8,11). The Labute approximate surface area is 70.0 Å². The third-order valence-corrected chi connectivity index (χ3v) is 1.61. The largest absolute Gasteiger partial charge is 0.494 e. The van der Waals surface area contributed by atoms with Gasteiger partial charge in [-0.25, -0.2) is 0 Å². The van der Waals surface area contributed by atoms with Crippen molar-refractivity contribution in [3.63, 3.8) is 0 Å². The van der Waals surface area contributed by atoms with Gasteiger partial charge in [0.05, 0.1) is 18.7 Å². The second-order valence-corrected chi connectivity index (χ2v) is 2.37. The molecule has 0 unspecified atom stereocenters. The van der Waals surface area contributed by atoms with Gasteiger partial charge in [0.2, 0.25) is 0 Å². The Balaban J connectivity index is 3.10. The molecule has 0 saturated carbocycles. The summed E-state index contributed by atoms with van der Waals surface area (Å²) < 4.78 is 10.5. The van der Waals surface area contributed by atoms with Gasteiger partial charge in [-0.15, -0.1) is 0 Å². The molecule has 0 radical (unpaired) electrons. The molecule has 0 atom stereocenters.